The number of ether oxygens (including phenoxy) is 1. The minimum Gasteiger partial charge on any atom is -0.465 e. The highest BCUT2D eigenvalue weighted by Gasteiger charge is 2.18. The number of halogens is 1. The molecule has 0 aliphatic rings. The van der Waals surface area contributed by atoms with Gasteiger partial charge in [0, 0.05) is 17.8 Å². The van der Waals surface area contributed by atoms with Gasteiger partial charge in [0.15, 0.2) is 0 Å². The van der Waals surface area contributed by atoms with E-state index in [0.717, 1.165) is 4.70 Å². The molecule has 0 atom stereocenters. The van der Waals surface area contributed by atoms with Gasteiger partial charge in [-0.15, -0.1) is 11.3 Å². The molecular weight excluding hydrogens is 236 g/mol. The average Bonchev–Trinajstić information content (AvgIpc) is 2.56. The van der Waals surface area contributed by atoms with Crippen LogP contribution in [0.4, 0.5) is 5.69 Å². The Balaban J connectivity index is 2.75. The zero-order valence-electron chi connectivity index (χ0n) is 7.78. The molecule has 0 aliphatic carbocycles. The zero-order chi connectivity index (χ0) is 11.0. The van der Waals surface area contributed by atoms with Crippen LogP contribution < -0.4 is 5.73 Å². The van der Waals surface area contributed by atoms with Gasteiger partial charge in [-0.3, -0.25) is 4.98 Å². The molecule has 6 heteroatoms. The number of nitrogens with two attached hydrogens (primary N) is 1. The van der Waals surface area contributed by atoms with Gasteiger partial charge in [0.25, 0.3) is 0 Å². The normalized spacial score (nSPS) is 10.5. The molecule has 0 bridgehead atoms. The van der Waals surface area contributed by atoms with Gasteiger partial charge < -0.3 is 10.5 Å². The summed E-state index contributed by atoms with van der Waals surface area (Å²) in [5.41, 5.74) is 6.17. The first kappa shape index (κ1) is 10.2. The molecule has 0 saturated carbocycles. The quantitative estimate of drug-likeness (QED) is 0.780. The number of fused-ring (bicyclic) bond motifs is 1. The number of nitrogen functional groups attached to an aromatic ring is 1. The molecule has 2 N–H and O–H groups in total. The summed E-state index contributed by atoms with van der Waals surface area (Å²) in [5, 5.41) is 1.11. The van der Waals surface area contributed by atoms with E-state index in [1.807, 2.05) is 0 Å². The van der Waals surface area contributed by atoms with Crippen LogP contribution in [0.3, 0.4) is 0 Å². The number of carbonyl (C=O) groups is 1. The first-order valence-corrected chi connectivity index (χ1v) is 5.24. The van der Waals surface area contributed by atoms with Crippen LogP contribution in [-0.4, -0.2) is 18.1 Å². The number of methoxy groups -OCH3 is 1. The average molecular weight is 243 g/mol. The number of anilines is 1. The van der Waals surface area contributed by atoms with Crippen LogP contribution in [0.15, 0.2) is 12.4 Å². The van der Waals surface area contributed by atoms with Crippen molar-refractivity contribution in [2.45, 2.75) is 0 Å². The summed E-state index contributed by atoms with van der Waals surface area (Å²) in [5.74, 6) is -0.454. The lowest BCUT2D eigenvalue weighted by Crippen LogP contribution is -2.01. The molecule has 0 unspecified atom stereocenters. The summed E-state index contributed by atoms with van der Waals surface area (Å²) in [6.07, 6.45) is 3.11. The number of hydrogen-bond donors (Lipinski definition) is 1. The molecule has 4 nitrogen and oxygen atoms in total. The van der Waals surface area contributed by atoms with Gasteiger partial charge in [-0.1, -0.05) is 11.6 Å². The summed E-state index contributed by atoms with van der Waals surface area (Å²) >= 11 is 7.16. The van der Waals surface area contributed by atoms with E-state index < -0.39 is 5.97 Å². The van der Waals surface area contributed by atoms with Crippen LogP contribution in [0.5, 0.6) is 0 Å². The topological polar surface area (TPSA) is 65.2 Å². The summed E-state index contributed by atoms with van der Waals surface area (Å²) in [6, 6.07) is 0. The molecule has 0 saturated heterocycles. The lowest BCUT2D eigenvalue weighted by molar-refractivity contribution is 0.0607. The fourth-order valence-electron chi connectivity index (χ4n) is 1.28. The summed E-state index contributed by atoms with van der Waals surface area (Å²) in [6.45, 7) is 0. The van der Waals surface area contributed by atoms with E-state index in [4.69, 9.17) is 17.3 Å². The summed E-state index contributed by atoms with van der Waals surface area (Å²) < 4.78 is 5.39. The predicted octanol–water partition coefficient (Wildman–Crippen LogP) is 2.32. The van der Waals surface area contributed by atoms with Gasteiger partial charge in [0.1, 0.15) is 4.88 Å². The molecule has 0 amide bonds. The van der Waals surface area contributed by atoms with E-state index in [9.17, 15) is 4.79 Å². The van der Waals surface area contributed by atoms with Crippen molar-refractivity contribution in [3.8, 4) is 0 Å². The van der Waals surface area contributed by atoms with Gasteiger partial charge in [-0.25, -0.2) is 4.79 Å². The molecule has 2 aromatic heterocycles. The van der Waals surface area contributed by atoms with Crippen molar-refractivity contribution in [3.63, 3.8) is 0 Å². The Morgan fingerprint density at radius 2 is 2.33 bits per heavy atom. The molecule has 0 radical (unpaired) electrons. The second kappa shape index (κ2) is 3.67. The molecule has 2 heterocycles. The van der Waals surface area contributed by atoms with Crippen LogP contribution in [0.2, 0.25) is 5.02 Å². The predicted molar refractivity (Wildman–Crippen MR) is 60.4 cm³/mol. The number of pyridine rings is 1. The third kappa shape index (κ3) is 1.53. The Kier molecular flexibility index (Phi) is 2.50. The number of rotatable bonds is 1. The zero-order valence-corrected chi connectivity index (χ0v) is 9.35. The third-order valence-corrected chi connectivity index (χ3v) is 3.37. The number of aromatic nitrogens is 1. The van der Waals surface area contributed by atoms with Crippen molar-refractivity contribution in [2.24, 2.45) is 0 Å². The van der Waals surface area contributed by atoms with Crippen molar-refractivity contribution in [1.82, 2.24) is 4.98 Å². The fourth-order valence-corrected chi connectivity index (χ4v) is 2.63. The monoisotopic (exact) mass is 242 g/mol. The molecule has 0 spiro atoms. The van der Waals surface area contributed by atoms with Crippen molar-refractivity contribution < 1.29 is 9.53 Å². The maximum Gasteiger partial charge on any atom is 0.350 e. The van der Waals surface area contributed by atoms with Crippen LogP contribution in [0.25, 0.3) is 10.1 Å². The number of esters is 1. The molecule has 0 fully saturated rings. The second-order valence-electron chi connectivity index (χ2n) is 2.83. The van der Waals surface area contributed by atoms with E-state index in [2.05, 4.69) is 9.72 Å². The van der Waals surface area contributed by atoms with Crippen LogP contribution >= 0.6 is 22.9 Å². The Hall–Kier alpha value is -1.33. The maximum absolute atomic E-state index is 11.4. The SMILES string of the molecule is COC(=O)c1sc2cncc(Cl)c2c1N. The third-order valence-electron chi connectivity index (χ3n) is 1.96. The second-order valence-corrected chi connectivity index (χ2v) is 4.29. The van der Waals surface area contributed by atoms with Gasteiger partial charge in [0.05, 0.1) is 22.5 Å². The Bertz CT molecular complexity index is 538. The van der Waals surface area contributed by atoms with Gasteiger partial charge in [-0.05, 0) is 0 Å². The van der Waals surface area contributed by atoms with Crippen molar-refractivity contribution in [1.29, 1.82) is 0 Å². The Morgan fingerprint density at radius 3 is 2.93 bits per heavy atom. The molecule has 2 aromatic rings. The first-order valence-electron chi connectivity index (χ1n) is 4.05. The van der Waals surface area contributed by atoms with Gasteiger partial charge in [-0.2, -0.15) is 0 Å². The van der Waals surface area contributed by atoms with E-state index in [1.54, 1.807) is 6.20 Å². The largest absolute Gasteiger partial charge is 0.465 e. The Labute approximate surface area is 94.6 Å². The number of hydrogen-bond acceptors (Lipinski definition) is 5. The van der Waals surface area contributed by atoms with Crippen molar-refractivity contribution >= 4 is 44.7 Å². The first-order chi connectivity index (χ1) is 7.15. The van der Waals surface area contributed by atoms with E-state index in [0.29, 0.717) is 21.0 Å². The summed E-state index contributed by atoms with van der Waals surface area (Å²) in [7, 11) is 1.31. The molecular formula is C9H7ClN2O2S. The smallest absolute Gasteiger partial charge is 0.350 e. The van der Waals surface area contributed by atoms with E-state index in [-0.39, 0.29) is 0 Å². The van der Waals surface area contributed by atoms with Crippen LogP contribution in [0.1, 0.15) is 9.67 Å². The fraction of sp³-hybridized carbons (Fsp3) is 0.111. The van der Waals surface area contributed by atoms with E-state index >= 15 is 0 Å². The highest BCUT2D eigenvalue weighted by Crippen LogP contribution is 2.37. The molecule has 0 aliphatic heterocycles. The molecule has 78 valence electrons. The van der Waals surface area contributed by atoms with Crippen LogP contribution in [0, 0.1) is 0 Å². The van der Waals surface area contributed by atoms with Crippen LogP contribution in [-0.2, 0) is 4.74 Å². The highest BCUT2D eigenvalue weighted by atomic mass is 35.5. The minimum atomic E-state index is -0.454. The standard InChI is InChI=1S/C9H7ClN2O2S/c1-14-9(13)8-7(11)6-4(10)2-12-3-5(6)15-8/h2-3H,11H2,1H3. The Morgan fingerprint density at radius 1 is 1.60 bits per heavy atom. The van der Waals surface area contributed by atoms with Gasteiger partial charge in [0.2, 0.25) is 0 Å². The molecule has 15 heavy (non-hydrogen) atoms. The number of nitrogens with zero attached hydrogens (tertiary/aromatic N) is 1. The molecule has 0 aromatic carbocycles. The van der Waals surface area contributed by atoms with Gasteiger partial charge >= 0.3 is 5.97 Å². The lowest BCUT2D eigenvalue weighted by Gasteiger charge is -1.96. The number of carbonyl (C=O) groups excluding carboxylic acids is 1. The van der Waals surface area contributed by atoms with Crippen molar-refractivity contribution in [3.05, 3.63) is 22.3 Å². The minimum absolute atomic E-state index is 0.356. The summed E-state index contributed by atoms with van der Waals surface area (Å²) in [4.78, 5) is 15.6. The van der Waals surface area contributed by atoms with E-state index in [1.165, 1.54) is 24.6 Å². The van der Waals surface area contributed by atoms with Crippen molar-refractivity contribution in [2.75, 3.05) is 12.8 Å². The highest BCUT2D eigenvalue weighted by molar-refractivity contribution is 7.21. The maximum atomic E-state index is 11.4. The number of thiophene rings is 1. The lowest BCUT2D eigenvalue weighted by atomic mass is 10.2. The molecule has 2 rings (SSSR count).